The molecule has 1 N–H and O–H groups in total. The molecule has 0 unspecified atom stereocenters. The van der Waals surface area contributed by atoms with Gasteiger partial charge in [0.05, 0.1) is 29.1 Å². The van der Waals surface area contributed by atoms with Crippen molar-refractivity contribution in [1.82, 2.24) is 5.43 Å². The first kappa shape index (κ1) is 26.2. The van der Waals surface area contributed by atoms with Gasteiger partial charge in [-0.3, -0.25) is 9.10 Å². The summed E-state index contributed by atoms with van der Waals surface area (Å²) in [6, 6.07) is 20.2. The van der Waals surface area contributed by atoms with Crippen LogP contribution in [0.1, 0.15) is 12.5 Å². The van der Waals surface area contributed by atoms with E-state index in [4.69, 9.17) is 4.74 Å². The van der Waals surface area contributed by atoms with Crippen LogP contribution in [-0.4, -0.2) is 47.8 Å². The van der Waals surface area contributed by atoms with Crippen molar-refractivity contribution in [3.05, 3.63) is 82.8 Å². The van der Waals surface area contributed by atoms with Gasteiger partial charge in [0.2, 0.25) is 0 Å². The lowest BCUT2D eigenvalue weighted by molar-refractivity contribution is -0.119. The van der Waals surface area contributed by atoms with Gasteiger partial charge in [0.25, 0.3) is 15.9 Å². The highest BCUT2D eigenvalue weighted by atomic mass is 79.9. The zero-order valence-corrected chi connectivity index (χ0v) is 22.1. The lowest BCUT2D eigenvalue weighted by atomic mass is 10.2. The van der Waals surface area contributed by atoms with Gasteiger partial charge in [-0.15, -0.1) is 0 Å². The maximum absolute atomic E-state index is 13.4. The predicted octanol–water partition coefficient (Wildman–Crippen LogP) is 4.26. The number of benzene rings is 3. The van der Waals surface area contributed by atoms with Crippen LogP contribution in [0.25, 0.3) is 0 Å². The predicted molar refractivity (Wildman–Crippen MR) is 143 cm³/mol. The molecule has 3 aromatic rings. The number of halogens is 1. The van der Waals surface area contributed by atoms with Crippen LogP contribution in [0.4, 0.5) is 11.4 Å². The van der Waals surface area contributed by atoms with Crippen LogP contribution in [0.15, 0.2) is 87.3 Å². The molecule has 0 bridgehead atoms. The van der Waals surface area contributed by atoms with Crippen LogP contribution in [0.3, 0.4) is 0 Å². The largest absolute Gasteiger partial charge is 0.494 e. The van der Waals surface area contributed by atoms with Gasteiger partial charge in [-0.1, -0.05) is 24.3 Å². The number of hydrogen-bond donors (Lipinski definition) is 1. The van der Waals surface area contributed by atoms with E-state index in [2.05, 4.69) is 26.5 Å². The van der Waals surface area contributed by atoms with Gasteiger partial charge < -0.3 is 9.64 Å². The first-order valence-electron chi connectivity index (χ1n) is 10.8. The Labute approximate surface area is 214 Å². The number of ether oxygens (including phenoxy) is 1. The van der Waals surface area contributed by atoms with Gasteiger partial charge in [-0.05, 0) is 76.9 Å². The number of sulfonamides is 1. The second kappa shape index (κ2) is 11.9. The summed E-state index contributed by atoms with van der Waals surface area (Å²) in [6.45, 7) is 1.88. The van der Waals surface area contributed by atoms with Crippen LogP contribution in [0.5, 0.6) is 5.75 Å². The van der Waals surface area contributed by atoms with Crippen molar-refractivity contribution in [3.63, 3.8) is 0 Å². The van der Waals surface area contributed by atoms with E-state index in [0.717, 1.165) is 20.0 Å². The molecule has 35 heavy (non-hydrogen) atoms. The number of anilines is 2. The van der Waals surface area contributed by atoms with Gasteiger partial charge in [0.1, 0.15) is 12.3 Å². The second-order valence-electron chi connectivity index (χ2n) is 7.65. The molecule has 0 aliphatic heterocycles. The van der Waals surface area contributed by atoms with Crippen molar-refractivity contribution in [2.75, 3.05) is 36.5 Å². The third-order valence-electron chi connectivity index (χ3n) is 4.91. The molecule has 0 heterocycles. The Bertz CT molecular complexity index is 1280. The SMILES string of the molecule is CCOc1ccc(S(=O)(=O)N(CC(=O)N/N=C\c2ccc(N(C)C)c(Br)c2)c2ccccc2)cc1. The Morgan fingerprint density at radius 1 is 1.06 bits per heavy atom. The molecule has 0 spiro atoms. The zero-order chi connectivity index (χ0) is 25.4. The van der Waals surface area contributed by atoms with Crippen LogP contribution in [0, 0.1) is 0 Å². The quantitative estimate of drug-likeness (QED) is 0.296. The topological polar surface area (TPSA) is 91.3 Å². The Morgan fingerprint density at radius 2 is 1.74 bits per heavy atom. The first-order chi connectivity index (χ1) is 16.7. The van der Waals surface area contributed by atoms with Crippen molar-refractivity contribution in [1.29, 1.82) is 0 Å². The summed E-state index contributed by atoms with van der Waals surface area (Å²) in [5, 5.41) is 3.99. The average molecular weight is 559 g/mol. The molecular formula is C25H27BrN4O4S. The molecule has 0 aliphatic rings. The van der Waals surface area contributed by atoms with E-state index in [9.17, 15) is 13.2 Å². The fourth-order valence-corrected chi connectivity index (χ4v) is 5.39. The molecular weight excluding hydrogens is 532 g/mol. The van der Waals surface area contributed by atoms with Gasteiger partial charge in [0.15, 0.2) is 0 Å². The molecule has 10 heteroatoms. The van der Waals surface area contributed by atoms with Gasteiger partial charge in [-0.25, -0.2) is 13.8 Å². The maximum Gasteiger partial charge on any atom is 0.264 e. The second-order valence-corrected chi connectivity index (χ2v) is 10.4. The van der Waals surface area contributed by atoms with E-state index in [0.29, 0.717) is 18.0 Å². The van der Waals surface area contributed by atoms with Crippen LogP contribution >= 0.6 is 15.9 Å². The molecule has 3 rings (SSSR count). The number of nitrogens with zero attached hydrogens (tertiary/aromatic N) is 3. The molecule has 0 aromatic heterocycles. The first-order valence-corrected chi connectivity index (χ1v) is 13.0. The van der Waals surface area contributed by atoms with E-state index in [-0.39, 0.29) is 4.90 Å². The highest BCUT2D eigenvalue weighted by Crippen LogP contribution is 2.26. The van der Waals surface area contributed by atoms with E-state index >= 15 is 0 Å². The fraction of sp³-hybridized carbons (Fsp3) is 0.200. The van der Waals surface area contributed by atoms with Crippen molar-refractivity contribution < 1.29 is 17.9 Å². The molecule has 0 saturated heterocycles. The van der Waals surface area contributed by atoms with Gasteiger partial charge >= 0.3 is 0 Å². The Kier molecular flexibility index (Phi) is 8.89. The summed E-state index contributed by atoms with van der Waals surface area (Å²) in [6.07, 6.45) is 1.50. The van der Waals surface area contributed by atoms with Crippen LogP contribution < -0.4 is 19.4 Å². The highest BCUT2D eigenvalue weighted by molar-refractivity contribution is 9.10. The third kappa shape index (κ3) is 6.83. The van der Waals surface area contributed by atoms with E-state index in [1.165, 1.54) is 18.3 Å². The average Bonchev–Trinajstić information content (AvgIpc) is 2.83. The van der Waals surface area contributed by atoms with Crippen molar-refractivity contribution in [2.24, 2.45) is 5.10 Å². The molecule has 0 atom stereocenters. The summed E-state index contributed by atoms with van der Waals surface area (Å²) in [5.41, 5.74) is 4.55. The molecule has 3 aromatic carbocycles. The summed E-state index contributed by atoms with van der Waals surface area (Å²) in [4.78, 5) is 14.7. The molecule has 0 saturated carbocycles. The minimum atomic E-state index is -4.02. The van der Waals surface area contributed by atoms with Gasteiger partial charge in [0, 0.05) is 18.6 Å². The number of carbonyl (C=O) groups is 1. The third-order valence-corrected chi connectivity index (χ3v) is 7.33. The normalized spacial score (nSPS) is 11.3. The molecule has 0 fully saturated rings. The molecule has 1 amide bonds. The van der Waals surface area contributed by atoms with Gasteiger partial charge in [-0.2, -0.15) is 5.10 Å². The van der Waals surface area contributed by atoms with E-state index in [1.54, 1.807) is 42.5 Å². The molecule has 0 radical (unpaired) electrons. The Balaban J connectivity index is 1.78. The minimum Gasteiger partial charge on any atom is -0.494 e. The molecule has 184 valence electrons. The van der Waals surface area contributed by atoms with Crippen molar-refractivity contribution >= 4 is 49.4 Å². The van der Waals surface area contributed by atoms with Crippen LogP contribution in [-0.2, 0) is 14.8 Å². The van der Waals surface area contributed by atoms with Crippen molar-refractivity contribution in [2.45, 2.75) is 11.8 Å². The monoisotopic (exact) mass is 558 g/mol. The Hall–Kier alpha value is -3.37. The van der Waals surface area contributed by atoms with E-state index < -0.39 is 22.5 Å². The zero-order valence-electron chi connectivity index (χ0n) is 19.7. The molecule has 0 aliphatic carbocycles. The van der Waals surface area contributed by atoms with E-state index in [1.807, 2.05) is 44.1 Å². The summed E-state index contributed by atoms with van der Waals surface area (Å²) < 4.78 is 34.2. The maximum atomic E-state index is 13.4. The number of hydrogen-bond acceptors (Lipinski definition) is 6. The smallest absolute Gasteiger partial charge is 0.264 e. The molecule has 8 nitrogen and oxygen atoms in total. The minimum absolute atomic E-state index is 0.0481. The summed E-state index contributed by atoms with van der Waals surface area (Å²) in [5.74, 6) is -0.0152. The lowest BCUT2D eigenvalue weighted by Crippen LogP contribution is -2.39. The highest BCUT2D eigenvalue weighted by Gasteiger charge is 2.27. The summed E-state index contributed by atoms with van der Waals surface area (Å²) in [7, 11) is -0.146. The van der Waals surface area contributed by atoms with Crippen LogP contribution in [0.2, 0.25) is 0 Å². The number of hydrazone groups is 1. The Morgan fingerprint density at radius 3 is 2.34 bits per heavy atom. The lowest BCUT2D eigenvalue weighted by Gasteiger charge is -2.23. The number of carbonyl (C=O) groups excluding carboxylic acids is 1. The number of nitrogens with one attached hydrogen (secondary N) is 1. The van der Waals surface area contributed by atoms with Crippen molar-refractivity contribution in [3.8, 4) is 5.75 Å². The number of amides is 1. The standard InChI is InChI=1S/C25H27BrN4O4S/c1-4-34-21-11-13-22(14-12-21)35(32,33)30(20-8-6-5-7-9-20)18-25(31)28-27-17-19-10-15-24(29(2)3)23(26)16-19/h5-17H,4,18H2,1-3H3,(H,28,31)/b27-17-. The number of para-hydroxylation sites is 1. The number of rotatable bonds is 10. The fourth-order valence-electron chi connectivity index (χ4n) is 3.22. The summed E-state index contributed by atoms with van der Waals surface area (Å²) >= 11 is 3.51.